The first-order valence-corrected chi connectivity index (χ1v) is 7.49. The first kappa shape index (κ1) is 15.7. The maximum Gasteiger partial charge on any atom is 0.284 e. The lowest BCUT2D eigenvalue weighted by atomic mass is 10.1. The maximum absolute atomic E-state index is 12.2. The van der Waals surface area contributed by atoms with E-state index in [1.165, 1.54) is 18.2 Å². The van der Waals surface area contributed by atoms with E-state index in [1.54, 1.807) is 6.07 Å². The summed E-state index contributed by atoms with van der Waals surface area (Å²) in [4.78, 5) is 22.6. The first-order chi connectivity index (χ1) is 9.90. The van der Waals surface area contributed by atoms with E-state index < -0.39 is 10.8 Å². The maximum atomic E-state index is 12.2. The van der Waals surface area contributed by atoms with Crippen LogP contribution in [0.2, 0.25) is 0 Å². The van der Waals surface area contributed by atoms with Crippen LogP contribution in [0.1, 0.15) is 15.9 Å². The number of rotatable bonds is 3. The van der Waals surface area contributed by atoms with E-state index >= 15 is 0 Å². The van der Waals surface area contributed by atoms with E-state index in [9.17, 15) is 14.9 Å². The Bertz CT molecular complexity index is 732. The van der Waals surface area contributed by atoms with Crippen molar-refractivity contribution in [2.24, 2.45) is 0 Å². The van der Waals surface area contributed by atoms with Gasteiger partial charge in [0.1, 0.15) is 4.47 Å². The van der Waals surface area contributed by atoms with Crippen LogP contribution in [0.25, 0.3) is 0 Å². The number of amides is 1. The minimum Gasteiger partial charge on any atom is -0.322 e. The molecular weight excluding hydrogens is 404 g/mol. The van der Waals surface area contributed by atoms with Crippen LogP contribution in [0, 0.1) is 17.0 Å². The molecule has 5 nitrogen and oxygen atoms in total. The van der Waals surface area contributed by atoms with Gasteiger partial charge in [0.25, 0.3) is 11.6 Å². The second kappa shape index (κ2) is 6.36. The predicted octanol–water partition coefficient (Wildman–Crippen LogP) is 4.68. The number of carbonyl (C=O) groups is 1. The largest absolute Gasteiger partial charge is 0.322 e. The van der Waals surface area contributed by atoms with Crippen molar-refractivity contribution in [1.82, 2.24) is 0 Å². The normalized spacial score (nSPS) is 10.2. The molecule has 0 bridgehead atoms. The van der Waals surface area contributed by atoms with Gasteiger partial charge in [-0.2, -0.15) is 0 Å². The summed E-state index contributed by atoms with van der Waals surface area (Å²) in [7, 11) is 0. The van der Waals surface area contributed by atoms with Crippen molar-refractivity contribution in [2.75, 3.05) is 5.32 Å². The number of nitrogens with zero attached hydrogens (tertiary/aromatic N) is 1. The quantitative estimate of drug-likeness (QED) is 0.586. The fourth-order valence-corrected chi connectivity index (χ4v) is 2.59. The summed E-state index contributed by atoms with van der Waals surface area (Å²) in [5, 5.41) is 13.6. The van der Waals surface area contributed by atoms with Crippen molar-refractivity contribution in [3.63, 3.8) is 0 Å². The summed E-state index contributed by atoms with van der Waals surface area (Å²) >= 11 is 6.49. The highest BCUT2D eigenvalue weighted by Crippen LogP contribution is 2.29. The second-order valence-corrected chi connectivity index (χ2v) is 5.96. The number of aryl methyl sites for hydroxylation is 1. The second-order valence-electron chi connectivity index (χ2n) is 4.31. The molecule has 0 radical (unpaired) electrons. The molecule has 0 spiro atoms. The van der Waals surface area contributed by atoms with E-state index in [2.05, 4.69) is 37.2 Å². The van der Waals surface area contributed by atoms with E-state index in [1.807, 2.05) is 19.1 Å². The SMILES string of the molecule is Cc1cc(NC(=O)c2cccc([N+](=O)[O-])c2Br)ccc1Br. The van der Waals surface area contributed by atoms with Crippen LogP contribution in [0.4, 0.5) is 11.4 Å². The van der Waals surface area contributed by atoms with Crippen LogP contribution in [-0.2, 0) is 0 Å². The minimum atomic E-state index is -0.537. The monoisotopic (exact) mass is 412 g/mol. The van der Waals surface area contributed by atoms with Gasteiger partial charge >= 0.3 is 0 Å². The average Bonchev–Trinajstić information content (AvgIpc) is 2.42. The number of hydrogen-bond acceptors (Lipinski definition) is 3. The van der Waals surface area contributed by atoms with E-state index in [4.69, 9.17) is 0 Å². The van der Waals surface area contributed by atoms with Gasteiger partial charge in [-0.25, -0.2) is 0 Å². The number of hydrogen-bond donors (Lipinski definition) is 1. The minimum absolute atomic E-state index is 0.144. The van der Waals surface area contributed by atoms with E-state index in [0.717, 1.165) is 10.0 Å². The molecular formula is C14H10Br2N2O3. The van der Waals surface area contributed by atoms with Crippen molar-refractivity contribution in [3.05, 3.63) is 66.6 Å². The Morgan fingerprint density at radius 3 is 2.57 bits per heavy atom. The number of halogens is 2. The first-order valence-electron chi connectivity index (χ1n) is 5.90. The van der Waals surface area contributed by atoms with Gasteiger partial charge in [0.15, 0.2) is 0 Å². The van der Waals surface area contributed by atoms with Crippen LogP contribution in [-0.4, -0.2) is 10.8 Å². The topological polar surface area (TPSA) is 72.2 Å². The third kappa shape index (κ3) is 3.48. The molecule has 0 atom stereocenters. The van der Waals surface area contributed by atoms with Crippen LogP contribution in [0.3, 0.4) is 0 Å². The van der Waals surface area contributed by atoms with E-state index in [0.29, 0.717) is 5.69 Å². The molecule has 0 fully saturated rings. The van der Waals surface area contributed by atoms with Crippen LogP contribution < -0.4 is 5.32 Å². The summed E-state index contributed by atoms with van der Waals surface area (Å²) < 4.78 is 1.11. The number of nitro groups is 1. The number of benzene rings is 2. The molecule has 108 valence electrons. The molecule has 0 saturated heterocycles. The molecule has 2 aromatic rings. The molecule has 21 heavy (non-hydrogen) atoms. The molecule has 0 heterocycles. The summed E-state index contributed by atoms with van der Waals surface area (Å²) in [6.45, 7) is 1.91. The van der Waals surface area contributed by atoms with Crippen molar-refractivity contribution in [1.29, 1.82) is 0 Å². The smallest absolute Gasteiger partial charge is 0.284 e. The van der Waals surface area contributed by atoms with Crippen molar-refractivity contribution in [3.8, 4) is 0 Å². The molecule has 0 saturated carbocycles. The highest BCUT2D eigenvalue weighted by atomic mass is 79.9. The zero-order valence-corrected chi connectivity index (χ0v) is 14.1. The number of nitro benzene ring substituents is 1. The van der Waals surface area contributed by atoms with Crippen LogP contribution in [0.5, 0.6) is 0 Å². The summed E-state index contributed by atoms with van der Waals surface area (Å²) in [6.07, 6.45) is 0. The summed E-state index contributed by atoms with van der Waals surface area (Å²) in [5.41, 5.74) is 1.67. The van der Waals surface area contributed by atoms with E-state index in [-0.39, 0.29) is 15.7 Å². The van der Waals surface area contributed by atoms with Gasteiger partial charge < -0.3 is 5.32 Å². The Balaban J connectivity index is 2.30. The lowest BCUT2D eigenvalue weighted by molar-refractivity contribution is -0.385. The van der Waals surface area contributed by atoms with Crippen LogP contribution >= 0.6 is 31.9 Å². The number of nitrogens with one attached hydrogen (secondary N) is 1. The standard InChI is InChI=1S/C14H10Br2N2O3/c1-8-7-9(5-6-11(8)15)17-14(19)10-3-2-4-12(13(10)16)18(20)21/h2-7H,1H3,(H,17,19). The van der Waals surface area contributed by atoms with Gasteiger partial charge in [-0.05, 0) is 52.7 Å². The van der Waals surface area contributed by atoms with Crippen molar-refractivity contribution in [2.45, 2.75) is 6.92 Å². The predicted molar refractivity (Wildman–Crippen MR) is 87.6 cm³/mol. The van der Waals surface area contributed by atoms with Crippen molar-refractivity contribution >= 4 is 49.1 Å². The van der Waals surface area contributed by atoms with Gasteiger partial charge in [-0.1, -0.05) is 22.0 Å². The van der Waals surface area contributed by atoms with Crippen LogP contribution in [0.15, 0.2) is 45.3 Å². The molecule has 1 amide bonds. The highest BCUT2D eigenvalue weighted by molar-refractivity contribution is 9.11. The Morgan fingerprint density at radius 1 is 1.24 bits per heavy atom. The molecule has 0 aliphatic carbocycles. The fourth-order valence-electron chi connectivity index (χ4n) is 1.76. The molecule has 2 rings (SSSR count). The third-order valence-electron chi connectivity index (χ3n) is 2.84. The Morgan fingerprint density at radius 2 is 1.95 bits per heavy atom. The highest BCUT2D eigenvalue weighted by Gasteiger charge is 2.19. The zero-order chi connectivity index (χ0) is 15.6. The van der Waals surface area contributed by atoms with Crippen molar-refractivity contribution < 1.29 is 9.72 Å². The summed E-state index contributed by atoms with van der Waals surface area (Å²) in [5.74, 6) is -0.410. The lowest BCUT2D eigenvalue weighted by Gasteiger charge is -2.08. The molecule has 0 aromatic heterocycles. The number of anilines is 1. The third-order valence-corrected chi connectivity index (χ3v) is 4.56. The fraction of sp³-hybridized carbons (Fsp3) is 0.0714. The Hall–Kier alpha value is -1.73. The lowest BCUT2D eigenvalue weighted by Crippen LogP contribution is -2.13. The van der Waals surface area contributed by atoms with Gasteiger partial charge in [0.05, 0.1) is 10.5 Å². The van der Waals surface area contributed by atoms with Gasteiger partial charge in [0, 0.05) is 16.2 Å². The Kier molecular flexibility index (Phi) is 4.74. The molecule has 2 aromatic carbocycles. The molecule has 0 aliphatic rings. The molecule has 7 heteroatoms. The van der Waals surface area contributed by atoms with Gasteiger partial charge in [-0.3, -0.25) is 14.9 Å². The Labute approximate surface area is 137 Å². The average molecular weight is 414 g/mol. The number of carbonyl (C=O) groups excluding carboxylic acids is 1. The zero-order valence-electron chi connectivity index (χ0n) is 10.9. The summed E-state index contributed by atoms with van der Waals surface area (Å²) in [6, 6.07) is 9.73. The molecule has 1 N–H and O–H groups in total. The van der Waals surface area contributed by atoms with Gasteiger partial charge in [0.2, 0.25) is 0 Å². The van der Waals surface area contributed by atoms with Gasteiger partial charge in [-0.15, -0.1) is 0 Å². The molecule has 0 aliphatic heterocycles. The molecule has 0 unspecified atom stereocenters.